The van der Waals surface area contributed by atoms with Crippen LogP contribution in [0.2, 0.25) is 0 Å². The first-order valence-electron chi connectivity index (χ1n) is 8.09. The highest BCUT2D eigenvalue weighted by molar-refractivity contribution is 5.85. The molecule has 2 aromatic carbocycles. The van der Waals surface area contributed by atoms with Gasteiger partial charge in [0.2, 0.25) is 0 Å². The lowest BCUT2D eigenvalue weighted by molar-refractivity contribution is 0.138. The van der Waals surface area contributed by atoms with E-state index in [0.717, 1.165) is 28.1 Å². The van der Waals surface area contributed by atoms with Crippen molar-refractivity contribution in [2.24, 2.45) is 0 Å². The molecule has 0 amide bonds. The Bertz CT molecular complexity index is 734. The number of aromatic nitrogens is 1. The fourth-order valence-electron chi connectivity index (χ4n) is 2.71. The summed E-state index contributed by atoms with van der Waals surface area (Å²) in [5, 5.41) is 10.6. The van der Waals surface area contributed by atoms with E-state index in [1.54, 1.807) is 0 Å². The Morgan fingerprint density at radius 3 is 1.68 bits per heavy atom. The normalized spacial score (nSPS) is 11.8. The number of hydrogen-bond donors (Lipinski definition) is 1. The summed E-state index contributed by atoms with van der Waals surface area (Å²) in [6.45, 7) is 0.576. The second-order valence-electron chi connectivity index (χ2n) is 6.18. The Morgan fingerprint density at radius 2 is 1.28 bits per heavy atom. The minimum Gasteiger partial charge on any atom is -0.387 e. The largest absolute Gasteiger partial charge is 0.387 e. The summed E-state index contributed by atoms with van der Waals surface area (Å²) in [6, 6.07) is 24.1. The zero-order chi connectivity index (χ0) is 16.9. The maximum absolute atomic E-state index is 10.6. The van der Waals surface area contributed by atoms with Crippen molar-refractivity contribution in [2.45, 2.75) is 6.10 Å². The summed E-state index contributed by atoms with van der Waals surface area (Å²) in [4.78, 5) is 6.79. The molecular formula is C21H23ClN2O. The zero-order valence-electron chi connectivity index (χ0n) is 14.5. The first-order valence-corrected chi connectivity index (χ1v) is 8.09. The lowest BCUT2D eigenvalue weighted by Gasteiger charge is -2.18. The average Bonchev–Trinajstić information content (AvgIpc) is 2.62. The average molecular weight is 355 g/mol. The number of halogens is 1. The van der Waals surface area contributed by atoms with Crippen LogP contribution in [0.3, 0.4) is 0 Å². The van der Waals surface area contributed by atoms with Gasteiger partial charge in [0.15, 0.2) is 0 Å². The van der Waals surface area contributed by atoms with Gasteiger partial charge in [0.25, 0.3) is 0 Å². The topological polar surface area (TPSA) is 36.4 Å². The molecule has 130 valence electrons. The van der Waals surface area contributed by atoms with Crippen LogP contribution in [0.4, 0.5) is 0 Å². The van der Waals surface area contributed by atoms with E-state index in [4.69, 9.17) is 4.98 Å². The summed E-state index contributed by atoms with van der Waals surface area (Å²) < 4.78 is 0. The zero-order valence-corrected chi connectivity index (χ0v) is 15.3. The minimum atomic E-state index is -0.548. The van der Waals surface area contributed by atoms with Crippen LogP contribution < -0.4 is 0 Å². The third-order valence-electron chi connectivity index (χ3n) is 3.91. The van der Waals surface area contributed by atoms with Crippen LogP contribution in [0.25, 0.3) is 22.5 Å². The smallest absolute Gasteiger partial charge is 0.0918 e. The van der Waals surface area contributed by atoms with Gasteiger partial charge in [-0.1, -0.05) is 60.7 Å². The van der Waals surface area contributed by atoms with Crippen molar-refractivity contribution in [3.05, 3.63) is 78.4 Å². The lowest BCUT2D eigenvalue weighted by Crippen LogP contribution is -2.20. The van der Waals surface area contributed by atoms with Crippen molar-refractivity contribution in [2.75, 3.05) is 20.6 Å². The summed E-state index contributed by atoms with van der Waals surface area (Å²) in [7, 11) is 3.92. The number of aliphatic hydroxyl groups is 1. The Labute approximate surface area is 155 Å². The van der Waals surface area contributed by atoms with Crippen LogP contribution >= 0.6 is 12.4 Å². The number of rotatable bonds is 5. The predicted molar refractivity (Wildman–Crippen MR) is 106 cm³/mol. The Hall–Kier alpha value is -2.20. The molecule has 1 aromatic heterocycles. The van der Waals surface area contributed by atoms with E-state index in [1.165, 1.54) is 0 Å². The van der Waals surface area contributed by atoms with Crippen LogP contribution in [0, 0.1) is 0 Å². The molecule has 1 N–H and O–H groups in total. The van der Waals surface area contributed by atoms with E-state index in [1.807, 2.05) is 91.8 Å². The molecule has 4 heteroatoms. The molecule has 0 radical (unpaired) electrons. The highest BCUT2D eigenvalue weighted by Gasteiger charge is 2.13. The molecule has 0 saturated carbocycles. The van der Waals surface area contributed by atoms with Gasteiger partial charge in [-0.2, -0.15) is 0 Å². The Morgan fingerprint density at radius 1 is 0.840 bits per heavy atom. The number of hydrogen-bond acceptors (Lipinski definition) is 3. The molecule has 0 fully saturated rings. The minimum absolute atomic E-state index is 0. The van der Waals surface area contributed by atoms with Crippen molar-refractivity contribution < 1.29 is 5.11 Å². The number of benzene rings is 2. The molecule has 25 heavy (non-hydrogen) atoms. The number of likely N-dealkylation sites (N-methyl/N-ethyl adjacent to an activating group) is 1. The molecular weight excluding hydrogens is 332 g/mol. The van der Waals surface area contributed by atoms with Crippen LogP contribution in [0.15, 0.2) is 72.8 Å². The van der Waals surface area contributed by atoms with Gasteiger partial charge < -0.3 is 10.0 Å². The third kappa shape index (κ3) is 4.89. The molecule has 0 aliphatic rings. The first kappa shape index (κ1) is 19.1. The quantitative estimate of drug-likeness (QED) is 0.736. The van der Waals surface area contributed by atoms with Gasteiger partial charge in [-0.05, 0) is 31.8 Å². The van der Waals surface area contributed by atoms with E-state index < -0.39 is 6.10 Å². The van der Waals surface area contributed by atoms with E-state index in [2.05, 4.69) is 0 Å². The molecule has 1 heterocycles. The molecule has 0 spiro atoms. The SMILES string of the molecule is CN(C)CC(O)c1cc(-c2ccccc2)nc(-c2ccccc2)c1.Cl. The molecule has 3 rings (SSSR count). The first-order chi connectivity index (χ1) is 11.6. The molecule has 0 aliphatic heterocycles. The third-order valence-corrected chi connectivity index (χ3v) is 3.91. The van der Waals surface area contributed by atoms with Gasteiger partial charge in [0, 0.05) is 17.7 Å². The molecule has 1 atom stereocenters. The van der Waals surface area contributed by atoms with E-state index in [-0.39, 0.29) is 12.4 Å². The molecule has 0 bridgehead atoms. The van der Waals surface area contributed by atoms with Crippen LogP contribution in [-0.2, 0) is 0 Å². The second kappa shape index (κ2) is 8.77. The Kier molecular flexibility index (Phi) is 6.71. The summed E-state index contributed by atoms with van der Waals surface area (Å²) in [5.41, 5.74) is 4.74. The molecule has 3 nitrogen and oxygen atoms in total. The highest BCUT2D eigenvalue weighted by Crippen LogP contribution is 2.27. The van der Waals surface area contributed by atoms with Gasteiger partial charge in [-0.3, -0.25) is 0 Å². The van der Waals surface area contributed by atoms with Crippen LogP contribution in [0.1, 0.15) is 11.7 Å². The van der Waals surface area contributed by atoms with Gasteiger partial charge in [0.1, 0.15) is 0 Å². The summed E-state index contributed by atoms with van der Waals surface area (Å²) in [5.74, 6) is 0. The fraction of sp³-hybridized carbons (Fsp3) is 0.190. The predicted octanol–water partition coefficient (Wildman–Crippen LogP) is 4.43. The monoisotopic (exact) mass is 354 g/mol. The number of aliphatic hydroxyl groups excluding tert-OH is 1. The molecule has 0 saturated heterocycles. The fourth-order valence-corrected chi connectivity index (χ4v) is 2.71. The Balaban J connectivity index is 0.00000225. The van der Waals surface area contributed by atoms with Crippen LogP contribution in [-0.4, -0.2) is 35.6 Å². The summed E-state index contributed by atoms with van der Waals surface area (Å²) >= 11 is 0. The van der Waals surface area contributed by atoms with E-state index in [9.17, 15) is 5.11 Å². The van der Waals surface area contributed by atoms with Crippen LogP contribution in [0.5, 0.6) is 0 Å². The molecule has 0 aliphatic carbocycles. The second-order valence-corrected chi connectivity index (χ2v) is 6.18. The number of pyridine rings is 1. The van der Waals surface area contributed by atoms with Gasteiger partial charge in [0.05, 0.1) is 17.5 Å². The van der Waals surface area contributed by atoms with Crippen molar-refractivity contribution >= 4 is 12.4 Å². The van der Waals surface area contributed by atoms with E-state index >= 15 is 0 Å². The lowest BCUT2D eigenvalue weighted by atomic mass is 10.0. The van der Waals surface area contributed by atoms with Gasteiger partial charge >= 0.3 is 0 Å². The van der Waals surface area contributed by atoms with Crippen molar-refractivity contribution in [1.82, 2.24) is 9.88 Å². The van der Waals surface area contributed by atoms with Crippen molar-refractivity contribution in [3.8, 4) is 22.5 Å². The van der Waals surface area contributed by atoms with Crippen molar-refractivity contribution in [3.63, 3.8) is 0 Å². The maximum Gasteiger partial charge on any atom is 0.0918 e. The van der Waals surface area contributed by atoms with Gasteiger partial charge in [-0.15, -0.1) is 12.4 Å². The van der Waals surface area contributed by atoms with E-state index in [0.29, 0.717) is 6.54 Å². The summed E-state index contributed by atoms with van der Waals surface area (Å²) in [6.07, 6.45) is -0.548. The van der Waals surface area contributed by atoms with Gasteiger partial charge in [-0.25, -0.2) is 4.98 Å². The van der Waals surface area contributed by atoms with Crippen molar-refractivity contribution in [1.29, 1.82) is 0 Å². The maximum atomic E-state index is 10.6. The highest BCUT2D eigenvalue weighted by atomic mass is 35.5. The molecule has 3 aromatic rings. The number of nitrogens with zero attached hydrogens (tertiary/aromatic N) is 2. The standard InChI is InChI=1S/C21H22N2O.ClH/c1-23(2)15-21(24)18-13-19(16-9-5-3-6-10-16)22-20(14-18)17-11-7-4-8-12-17;/h3-14,21,24H,15H2,1-2H3;1H. The molecule has 1 unspecified atom stereocenters.